The molecule has 3 heteroatoms. The van der Waals surface area contributed by atoms with Gasteiger partial charge in [-0.3, -0.25) is 4.79 Å². The van der Waals surface area contributed by atoms with Crippen LogP contribution in [-0.2, 0) is 4.79 Å². The third-order valence-electron chi connectivity index (χ3n) is 4.30. The number of rotatable bonds is 4. The molecule has 0 radical (unpaired) electrons. The molecule has 2 aliphatic rings. The molecule has 2 fully saturated rings. The molecule has 0 spiro atoms. The Kier molecular flexibility index (Phi) is 3.74. The molecule has 1 aromatic heterocycles. The van der Waals surface area contributed by atoms with Crippen molar-refractivity contribution >= 4 is 17.2 Å². The Morgan fingerprint density at radius 3 is 2.89 bits per heavy atom. The highest BCUT2D eigenvalue weighted by Gasteiger charge is 2.39. The second-order valence-electron chi connectivity index (χ2n) is 5.65. The van der Waals surface area contributed by atoms with Crippen molar-refractivity contribution in [1.29, 1.82) is 0 Å². The number of carbonyl (C=O) groups is 1. The van der Waals surface area contributed by atoms with Crippen LogP contribution in [0.15, 0.2) is 30.2 Å². The lowest BCUT2D eigenvalue weighted by atomic mass is 9.88. The molecule has 2 atom stereocenters. The zero-order valence-corrected chi connectivity index (χ0v) is 12.1. The van der Waals surface area contributed by atoms with Gasteiger partial charge in [-0.25, -0.2) is 0 Å². The first-order valence-corrected chi connectivity index (χ1v) is 8.15. The summed E-state index contributed by atoms with van der Waals surface area (Å²) >= 11 is 1.78. The molecule has 0 aromatic carbocycles. The minimum Gasteiger partial charge on any atom is -0.339 e. The Labute approximate surface area is 119 Å². The minimum atomic E-state index is 0.308. The first-order chi connectivity index (χ1) is 9.31. The second kappa shape index (κ2) is 5.49. The summed E-state index contributed by atoms with van der Waals surface area (Å²) in [5.74, 6) is 1.03. The topological polar surface area (TPSA) is 20.3 Å². The summed E-state index contributed by atoms with van der Waals surface area (Å²) in [7, 11) is 0. The van der Waals surface area contributed by atoms with Gasteiger partial charge in [0.2, 0.25) is 5.91 Å². The maximum absolute atomic E-state index is 12.5. The molecular weight excluding hydrogens is 254 g/mol. The van der Waals surface area contributed by atoms with Crippen molar-refractivity contribution in [2.75, 3.05) is 6.54 Å². The van der Waals surface area contributed by atoms with Crippen LogP contribution in [0.4, 0.5) is 0 Å². The molecule has 1 saturated carbocycles. The predicted octanol–water partition coefficient (Wildman–Crippen LogP) is 3.81. The molecule has 0 N–H and O–H groups in total. The maximum atomic E-state index is 12.5. The standard InChI is InChI=1S/C16H21NOS/c1-2-13(15-7-5-11-19-15)14-6-3-4-10-17(14)16(18)12-8-9-12/h2,5,7,11-14H,1,3-4,6,8-10H2. The van der Waals surface area contributed by atoms with E-state index in [4.69, 9.17) is 0 Å². The lowest BCUT2D eigenvalue weighted by Crippen LogP contribution is -2.47. The molecule has 2 heterocycles. The number of piperidine rings is 1. The number of carbonyl (C=O) groups excluding carboxylic acids is 1. The van der Waals surface area contributed by atoms with Gasteiger partial charge in [-0.15, -0.1) is 17.9 Å². The van der Waals surface area contributed by atoms with Crippen LogP contribution < -0.4 is 0 Å². The van der Waals surface area contributed by atoms with Crippen LogP contribution in [0, 0.1) is 5.92 Å². The van der Waals surface area contributed by atoms with Gasteiger partial charge in [0, 0.05) is 29.3 Å². The highest BCUT2D eigenvalue weighted by molar-refractivity contribution is 7.10. The van der Waals surface area contributed by atoms with Crippen molar-refractivity contribution < 1.29 is 4.79 Å². The summed E-state index contributed by atoms with van der Waals surface area (Å²) < 4.78 is 0. The van der Waals surface area contributed by atoms with E-state index < -0.39 is 0 Å². The fourth-order valence-corrected chi connectivity index (χ4v) is 3.99. The molecule has 1 aliphatic carbocycles. The Morgan fingerprint density at radius 1 is 1.42 bits per heavy atom. The molecule has 1 saturated heterocycles. The van der Waals surface area contributed by atoms with Gasteiger partial charge >= 0.3 is 0 Å². The van der Waals surface area contributed by atoms with Gasteiger partial charge in [0.15, 0.2) is 0 Å². The van der Waals surface area contributed by atoms with E-state index in [0.717, 1.165) is 32.2 Å². The largest absolute Gasteiger partial charge is 0.339 e. The number of nitrogens with zero attached hydrogens (tertiary/aromatic N) is 1. The Balaban J connectivity index is 1.82. The van der Waals surface area contributed by atoms with E-state index in [0.29, 0.717) is 23.8 Å². The van der Waals surface area contributed by atoms with Crippen LogP contribution in [0.2, 0.25) is 0 Å². The van der Waals surface area contributed by atoms with Crippen molar-refractivity contribution in [3.63, 3.8) is 0 Å². The van der Waals surface area contributed by atoms with Crippen molar-refractivity contribution in [3.8, 4) is 0 Å². The number of amides is 1. The maximum Gasteiger partial charge on any atom is 0.225 e. The first kappa shape index (κ1) is 12.9. The van der Waals surface area contributed by atoms with Crippen LogP contribution in [0.1, 0.15) is 42.9 Å². The van der Waals surface area contributed by atoms with Crippen molar-refractivity contribution in [2.24, 2.45) is 5.92 Å². The number of hydrogen-bond acceptors (Lipinski definition) is 2. The zero-order chi connectivity index (χ0) is 13.2. The summed E-state index contributed by atoms with van der Waals surface area (Å²) in [6.45, 7) is 4.96. The van der Waals surface area contributed by atoms with E-state index in [1.54, 1.807) is 11.3 Å². The molecule has 1 aromatic rings. The van der Waals surface area contributed by atoms with Crippen molar-refractivity contribution in [2.45, 2.75) is 44.1 Å². The molecule has 102 valence electrons. The smallest absolute Gasteiger partial charge is 0.225 e. The van der Waals surface area contributed by atoms with Gasteiger partial charge in [0.05, 0.1) is 0 Å². The van der Waals surface area contributed by atoms with E-state index >= 15 is 0 Å². The van der Waals surface area contributed by atoms with Gasteiger partial charge < -0.3 is 4.90 Å². The Hall–Kier alpha value is -1.09. The van der Waals surface area contributed by atoms with Gasteiger partial charge in [0.25, 0.3) is 0 Å². The van der Waals surface area contributed by atoms with Gasteiger partial charge in [-0.05, 0) is 43.6 Å². The number of likely N-dealkylation sites (tertiary alicyclic amines) is 1. The molecule has 2 unspecified atom stereocenters. The van der Waals surface area contributed by atoms with Crippen LogP contribution in [0.25, 0.3) is 0 Å². The Morgan fingerprint density at radius 2 is 2.26 bits per heavy atom. The lowest BCUT2D eigenvalue weighted by molar-refractivity contribution is -0.136. The normalized spacial score (nSPS) is 25.1. The zero-order valence-electron chi connectivity index (χ0n) is 11.3. The second-order valence-corrected chi connectivity index (χ2v) is 6.63. The fourth-order valence-electron chi connectivity index (χ4n) is 3.11. The van der Waals surface area contributed by atoms with E-state index in [1.165, 1.54) is 11.3 Å². The van der Waals surface area contributed by atoms with E-state index in [-0.39, 0.29) is 0 Å². The summed E-state index contributed by atoms with van der Waals surface area (Å²) in [6, 6.07) is 4.59. The summed E-state index contributed by atoms with van der Waals surface area (Å²) in [5, 5.41) is 2.11. The molecular formula is C16H21NOS. The summed E-state index contributed by atoms with van der Waals surface area (Å²) in [6.07, 6.45) is 7.74. The van der Waals surface area contributed by atoms with Crippen molar-refractivity contribution in [3.05, 3.63) is 35.0 Å². The monoisotopic (exact) mass is 275 g/mol. The molecule has 19 heavy (non-hydrogen) atoms. The lowest BCUT2D eigenvalue weighted by Gasteiger charge is -2.39. The highest BCUT2D eigenvalue weighted by Crippen LogP contribution is 2.38. The predicted molar refractivity (Wildman–Crippen MR) is 79.3 cm³/mol. The fraction of sp³-hybridized carbons (Fsp3) is 0.562. The number of thiophene rings is 1. The molecule has 1 amide bonds. The average molecular weight is 275 g/mol. The van der Waals surface area contributed by atoms with Gasteiger partial charge in [-0.2, -0.15) is 0 Å². The quantitative estimate of drug-likeness (QED) is 0.765. The molecule has 1 aliphatic heterocycles. The summed E-state index contributed by atoms with van der Waals surface area (Å²) in [4.78, 5) is 16.0. The van der Waals surface area contributed by atoms with Crippen LogP contribution >= 0.6 is 11.3 Å². The molecule has 2 nitrogen and oxygen atoms in total. The van der Waals surface area contributed by atoms with E-state index in [1.807, 2.05) is 6.08 Å². The molecule has 3 rings (SSSR count). The van der Waals surface area contributed by atoms with Crippen LogP contribution in [0.3, 0.4) is 0 Å². The summed E-state index contributed by atoms with van der Waals surface area (Å²) in [5.41, 5.74) is 0. The van der Waals surface area contributed by atoms with Crippen LogP contribution in [0.5, 0.6) is 0 Å². The van der Waals surface area contributed by atoms with E-state index in [2.05, 4.69) is 29.0 Å². The van der Waals surface area contributed by atoms with Gasteiger partial charge in [-0.1, -0.05) is 12.1 Å². The highest BCUT2D eigenvalue weighted by atomic mass is 32.1. The Bertz CT molecular complexity index is 449. The van der Waals surface area contributed by atoms with Crippen molar-refractivity contribution in [1.82, 2.24) is 4.90 Å². The van der Waals surface area contributed by atoms with E-state index in [9.17, 15) is 4.79 Å². The first-order valence-electron chi connectivity index (χ1n) is 7.27. The molecule has 0 bridgehead atoms. The minimum absolute atomic E-state index is 0.308. The third kappa shape index (κ3) is 2.62. The SMILES string of the molecule is C=CC(c1cccs1)C1CCCCN1C(=O)C1CC1. The average Bonchev–Trinajstić information content (AvgIpc) is 3.17. The third-order valence-corrected chi connectivity index (χ3v) is 5.27. The number of hydrogen-bond donors (Lipinski definition) is 0. The van der Waals surface area contributed by atoms with Gasteiger partial charge in [0.1, 0.15) is 0 Å². The van der Waals surface area contributed by atoms with Crippen LogP contribution in [-0.4, -0.2) is 23.4 Å².